The van der Waals surface area contributed by atoms with Gasteiger partial charge in [0.25, 0.3) is 0 Å². The molecule has 3 aromatic rings. The lowest BCUT2D eigenvalue weighted by atomic mass is 10.3. The molecule has 6 nitrogen and oxygen atoms in total. The first kappa shape index (κ1) is 10.8. The topological polar surface area (TPSA) is 86.7 Å². The lowest BCUT2D eigenvalue weighted by Crippen LogP contribution is -1.98. The van der Waals surface area contributed by atoms with Crippen molar-refractivity contribution in [2.45, 2.75) is 0 Å². The van der Waals surface area contributed by atoms with E-state index in [0.717, 1.165) is 5.01 Å². The molecular weight excluding hydrogens is 250 g/mol. The minimum absolute atomic E-state index is 0.372. The molecule has 0 atom stereocenters. The van der Waals surface area contributed by atoms with Gasteiger partial charge in [0.05, 0.1) is 11.8 Å². The number of fused-ring (bicyclic) bond motifs is 1. The average molecular weight is 259 g/mol. The van der Waals surface area contributed by atoms with Gasteiger partial charge in [0.15, 0.2) is 11.9 Å². The van der Waals surface area contributed by atoms with Crippen LogP contribution in [0.25, 0.3) is 21.9 Å². The van der Waals surface area contributed by atoms with Crippen LogP contribution in [-0.2, 0) is 7.05 Å². The molecule has 0 amide bonds. The Labute approximate surface area is 106 Å². The Hall–Kier alpha value is -2.28. The zero-order valence-corrected chi connectivity index (χ0v) is 10.3. The number of carbonyl (C=O) groups is 1. The van der Waals surface area contributed by atoms with E-state index in [1.54, 1.807) is 24.0 Å². The fourth-order valence-corrected chi connectivity index (χ4v) is 2.39. The summed E-state index contributed by atoms with van der Waals surface area (Å²) in [7, 11) is 1.75. The first-order valence-corrected chi connectivity index (χ1v) is 6.06. The van der Waals surface area contributed by atoms with E-state index >= 15 is 0 Å². The van der Waals surface area contributed by atoms with Crippen molar-refractivity contribution in [1.82, 2.24) is 19.5 Å². The van der Waals surface area contributed by atoms with Crippen LogP contribution in [0, 0.1) is 0 Å². The minimum atomic E-state index is 0.372. The number of nitrogen functional groups attached to an aromatic ring is 1. The Kier molecular flexibility index (Phi) is 2.34. The van der Waals surface area contributed by atoms with Gasteiger partial charge in [-0.3, -0.25) is 4.79 Å². The fraction of sp³-hybridized carbons (Fsp3) is 0.0909. The molecule has 0 bridgehead atoms. The zero-order chi connectivity index (χ0) is 12.7. The molecule has 3 aromatic heterocycles. The highest BCUT2D eigenvalue weighted by Gasteiger charge is 2.16. The summed E-state index contributed by atoms with van der Waals surface area (Å²) in [6.07, 6.45) is 4.04. The summed E-state index contributed by atoms with van der Waals surface area (Å²) >= 11 is 1.47. The highest BCUT2D eigenvalue weighted by atomic mass is 32.1. The molecule has 0 radical (unpaired) electrons. The monoisotopic (exact) mass is 259 g/mol. The molecule has 7 heteroatoms. The smallest absolute Gasteiger partial charge is 0.160 e. The molecule has 0 aliphatic heterocycles. The lowest BCUT2D eigenvalue weighted by Gasteiger charge is -1.97. The number of nitrogens with two attached hydrogens (primary N) is 1. The fourth-order valence-electron chi connectivity index (χ4n) is 1.79. The second-order valence-corrected chi connectivity index (χ2v) is 4.64. The van der Waals surface area contributed by atoms with Gasteiger partial charge < -0.3 is 10.3 Å². The number of carbonyl (C=O) groups excluding carboxylic acids is 1. The van der Waals surface area contributed by atoms with E-state index in [2.05, 4.69) is 15.0 Å². The van der Waals surface area contributed by atoms with Crippen molar-refractivity contribution in [2.24, 2.45) is 7.05 Å². The predicted molar refractivity (Wildman–Crippen MR) is 69.4 cm³/mol. The van der Waals surface area contributed by atoms with Gasteiger partial charge in [-0.15, -0.1) is 11.3 Å². The summed E-state index contributed by atoms with van der Waals surface area (Å²) in [6.45, 7) is 0. The Bertz CT molecular complexity index is 732. The van der Waals surface area contributed by atoms with Gasteiger partial charge >= 0.3 is 0 Å². The van der Waals surface area contributed by atoms with Crippen molar-refractivity contribution in [3.63, 3.8) is 0 Å². The standard InChI is InChI=1S/C11H9N5OS/c1-16-9(12)6(5-17)8-10(16)14-4-7(15-8)11-13-2-3-18-11/h2-5H,12H2,1H3. The van der Waals surface area contributed by atoms with E-state index in [-0.39, 0.29) is 0 Å². The van der Waals surface area contributed by atoms with E-state index in [4.69, 9.17) is 5.73 Å². The SMILES string of the molecule is Cn1c(N)c(C=O)c2nc(-c3nccs3)cnc21. The van der Waals surface area contributed by atoms with Crippen LogP contribution in [0.1, 0.15) is 10.4 Å². The van der Waals surface area contributed by atoms with Crippen LogP contribution in [0.3, 0.4) is 0 Å². The molecule has 0 aromatic carbocycles. The third-order valence-corrected chi connectivity index (χ3v) is 3.53. The minimum Gasteiger partial charge on any atom is -0.384 e. The lowest BCUT2D eigenvalue weighted by molar-refractivity contribution is 0.112. The first-order chi connectivity index (χ1) is 8.72. The number of aldehydes is 1. The molecule has 3 heterocycles. The number of thiazole rings is 1. The van der Waals surface area contributed by atoms with Crippen molar-refractivity contribution in [3.05, 3.63) is 23.3 Å². The molecule has 0 aliphatic rings. The van der Waals surface area contributed by atoms with Gasteiger partial charge in [0.2, 0.25) is 0 Å². The summed E-state index contributed by atoms with van der Waals surface area (Å²) in [5.74, 6) is 0.372. The Balaban J connectivity index is 2.32. The third kappa shape index (κ3) is 1.41. The number of aromatic nitrogens is 4. The number of nitrogens with zero attached hydrogens (tertiary/aromatic N) is 4. The Morgan fingerprint density at radius 3 is 2.94 bits per heavy atom. The summed E-state index contributed by atoms with van der Waals surface area (Å²) in [6, 6.07) is 0. The predicted octanol–water partition coefficient (Wildman–Crippen LogP) is 1.49. The maximum absolute atomic E-state index is 11.1. The quantitative estimate of drug-likeness (QED) is 0.704. The van der Waals surface area contributed by atoms with Crippen molar-refractivity contribution >= 4 is 34.6 Å². The second kappa shape index (κ2) is 3.88. The molecule has 18 heavy (non-hydrogen) atoms. The van der Waals surface area contributed by atoms with Crippen molar-refractivity contribution in [3.8, 4) is 10.7 Å². The molecule has 0 spiro atoms. The third-order valence-electron chi connectivity index (χ3n) is 2.73. The van der Waals surface area contributed by atoms with E-state index in [1.807, 2.05) is 5.38 Å². The summed E-state index contributed by atoms with van der Waals surface area (Å²) in [5.41, 5.74) is 7.96. The maximum atomic E-state index is 11.1. The van der Waals surface area contributed by atoms with Gasteiger partial charge in [-0.1, -0.05) is 0 Å². The van der Waals surface area contributed by atoms with Crippen LogP contribution in [0.5, 0.6) is 0 Å². The van der Waals surface area contributed by atoms with Gasteiger partial charge in [-0.05, 0) is 0 Å². The summed E-state index contributed by atoms with van der Waals surface area (Å²) in [5, 5.41) is 2.63. The summed E-state index contributed by atoms with van der Waals surface area (Å²) in [4.78, 5) is 24.0. The molecule has 0 fully saturated rings. The second-order valence-electron chi connectivity index (χ2n) is 3.74. The van der Waals surface area contributed by atoms with Crippen LogP contribution >= 0.6 is 11.3 Å². The van der Waals surface area contributed by atoms with Gasteiger partial charge in [-0.25, -0.2) is 15.0 Å². The molecule has 0 saturated carbocycles. The van der Waals surface area contributed by atoms with Crippen molar-refractivity contribution in [1.29, 1.82) is 0 Å². The van der Waals surface area contributed by atoms with Gasteiger partial charge in [0, 0.05) is 18.6 Å². The summed E-state index contributed by atoms with van der Waals surface area (Å²) < 4.78 is 1.65. The molecule has 3 rings (SSSR count). The Morgan fingerprint density at radius 1 is 1.44 bits per heavy atom. The van der Waals surface area contributed by atoms with Gasteiger partial charge in [-0.2, -0.15) is 0 Å². The van der Waals surface area contributed by atoms with Crippen LogP contribution in [0.15, 0.2) is 17.8 Å². The zero-order valence-electron chi connectivity index (χ0n) is 9.49. The van der Waals surface area contributed by atoms with Gasteiger partial charge in [0.1, 0.15) is 22.0 Å². The number of hydrogen-bond acceptors (Lipinski definition) is 6. The van der Waals surface area contributed by atoms with E-state index < -0.39 is 0 Å². The molecular formula is C11H9N5OS. The van der Waals surface area contributed by atoms with E-state index in [9.17, 15) is 4.79 Å². The average Bonchev–Trinajstić information content (AvgIpc) is 2.98. The van der Waals surface area contributed by atoms with Crippen LogP contribution in [-0.4, -0.2) is 25.8 Å². The highest BCUT2D eigenvalue weighted by Crippen LogP contribution is 2.26. The van der Waals surface area contributed by atoms with E-state index in [1.165, 1.54) is 11.3 Å². The molecule has 2 N–H and O–H groups in total. The van der Waals surface area contributed by atoms with Crippen LogP contribution < -0.4 is 5.73 Å². The number of hydrogen-bond donors (Lipinski definition) is 1. The number of rotatable bonds is 2. The molecule has 0 unspecified atom stereocenters. The largest absolute Gasteiger partial charge is 0.384 e. The molecule has 0 saturated heterocycles. The van der Waals surface area contributed by atoms with Crippen LogP contribution in [0.2, 0.25) is 0 Å². The number of anilines is 1. The number of aryl methyl sites for hydroxylation is 1. The molecule has 0 aliphatic carbocycles. The van der Waals surface area contributed by atoms with E-state index in [0.29, 0.717) is 34.5 Å². The first-order valence-electron chi connectivity index (χ1n) is 5.18. The highest BCUT2D eigenvalue weighted by molar-refractivity contribution is 7.13. The van der Waals surface area contributed by atoms with Crippen molar-refractivity contribution < 1.29 is 4.79 Å². The molecule has 90 valence electrons. The Morgan fingerprint density at radius 2 is 2.28 bits per heavy atom. The van der Waals surface area contributed by atoms with Crippen LogP contribution in [0.4, 0.5) is 5.82 Å². The maximum Gasteiger partial charge on any atom is 0.160 e. The van der Waals surface area contributed by atoms with Crippen molar-refractivity contribution in [2.75, 3.05) is 5.73 Å². The normalized spacial score (nSPS) is 10.9.